The first-order valence-corrected chi connectivity index (χ1v) is 7.21. The van der Waals surface area contributed by atoms with Gasteiger partial charge in [-0.15, -0.1) is 0 Å². The van der Waals surface area contributed by atoms with Crippen LogP contribution in [0.1, 0.15) is 46.5 Å². The summed E-state index contributed by atoms with van der Waals surface area (Å²) in [5, 5.41) is 4.66. The van der Waals surface area contributed by atoms with E-state index < -0.39 is 0 Å². The molecule has 0 aromatic heterocycles. The van der Waals surface area contributed by atoms with E-state index in [0.717, 1.165) is 17.2 Å². The van der Waals surface area contributed by atoms with Gasteiger partial charge in [-0.25, -0.2) is 0 Å². The average molecular weight is 215 g/mol. The van der Waals surface area contributed by atoms with Crippen molar-refractivity contribution in [3.05, 3.63) is 0 Å². The van der Waals surface area contributed by atoms with Gasteiger partial charge in [0.15, 0.2) is 0 Å². The Bertz CT molecular complexity index is 158. The van der Waals surface area contributed by atoms with Crippen LogP contribution >= 0.6 is 11.8 Å². The Morgan fingerprint density at radius 2 is 2.00 bits per heavy atom. The van der Waals surface area contributed by atoms with Crippen molar-refractivity contribution in [3.8, 4) is 0 Å². The topological polar surface area (TPSA) is 12.0 Å². The zero-order valence-electron chi connectivity index (χ0n) is 10.0. The van der Waals surface area contributed by atoms with Crippen molar-refractivity contribution in [3.63, 3.8) is 0 Å². The van der Waals surface area contributed by atoms with E-state index in [1.165, 1.54) is 25.7 Å². The van der Waals surface area contributed by atoms with Gasteiger partial charge >= 0.3 is 0 Å². The van der Waals surface area contributed by atoms with E-state index >= 15 is 0 Å². The largest absolute Gasteiger partial charge is 0.310 e. The Morgan fingerprint density at radius 1 is 1.29 bits per heavy atom. The molecule has 1 aliphatic rings. The summed E-state index contributed by atoms with van der Waals surface area (Å²) in [7, 11) is 0. The Labute approximate surface area is 93.4 Å². The third-order valence-corrected chi connectivity index (χ3v) is 4.25. The van der Waals surface area contributed by atoms with Crippen molar-refractivity contribution in [2.24, 2.45) is 5.92 Å². The molecule has 0 aromatic rings. The zero-order chi connectivity index (χ0) is 10.6. The highest BCUT2D eigenvalue weighted by atomic mass is 32.2. The summed E-state index contributed by atoms with van der Waals surface area (Å²) in [6, 6.07) is 1.46. The predicted octanol–water partition coefficient (Wildman–Crippen LogP) is 3.29. The van der Waals surface area contributed by atoms with E-state index in [4.69, 9.17) is 0 Å². The molecule has 1 N–H and O–H groups in total. The molecule has 0 spiro atoms. The second-order valence-corrected chi connectivity index (χ2v) is 6.09. The van der Waals surface area contributed by atoms with E-state index in [9.17, 15) is 0 Å². The van der Waals surface area contributed by atoms with Crippen molar-refractivity contribution >= 4 is 11.8 Å². The molecule has 0 radical (unpaired) electrons. The number of hydrogen-bond acceptors (Lipinski definition) is 2. The van der Waals surface area contributed by atoms with Gasteiger partial charge in [0.2, 0.25) is 0 Å². The SMILES string of the molecule is CSC1CCCC1NC(C)CC(C)C. The van der Waals surface area contributed by atoms with Crippen LogP contribution in [0.3, 0.4) is 0 Å². The normalized spacial score (nSPS) is 29.8. The third-order valence-electron chi connectivity index (χ3n) is 3.08. The molecule has 0 aliphatic heterocycles. The quantitative estimate of drug-likeness (QED) is 0.755. The highest BCUT2D eigenvalue weighted by Gasteiger charge is 2.27. The highest BCUT2D eigenvalue weighted by molar-refractivity contribution is 7.99. The smallest absolute Gasteiger partial charge is 0.0198 e. The van der Waals surface area contributed by atoms with E-state index in [2.05, 4.69) is 32.3 Å². The average Bonchev–Trinajstić information content (AvgIpc) is 2.50. The first kappa shape index (κ1) is 12.4. The number of nitrogens with one attached hydrogen (secondary N) is 1. The fourth-order valence-corrected chi connectivity index (χ4v) is 3.48. The van der Waals surface area contributed by atoms with Gasteiger partial charge in [0.25, 0.3) is 0 Å². The van der Waals surface area contributed by atoms with E-state index in [1.54, 1.807) is 0 Å². The molecule has 2 heteroatoms. The molecule has 0 aromatic carbocycles. The molecule has 1 saturated carbocycles. The lowest BCUT2D eigenvalue weighted by Gasteiger charge is -2.25. The van der Waals surface area contributed by atoms with Gasteiger partial charge in [-0.2, -0.15) is 11.8 Å². The van der Waals surface area contributed by atoms with Gasteiger partial charge in [-0.1, -0.05) is 20.3 Å². The minimum absolute atomic E-state index is 0.688. The molecule has 0 bridgehead atoms. The lowest BCUT2D eigenvalue weighted by Crippen LogP contribution is -2.40. The van der Waals surface area contributed by atoms with Crippen LogP contribution in [-0.2, 0) is 0 Å². The van der Waals surface area contributed by atoms with Crippen LogP contribution in [0, 0.1) is 5.92 Å². The fourth-order valence-electron chi connectivity index (χ4n) is 2.54. The van der Waals surface area contributed by atoms with Crippen molar-refractivity contribution in [2.75, 3.05) is 6.26 Å². The van der Waals surface area contributed by atoms with Crippen LogP contribution in [0.4, 0.5) is 0 Å². The molecule has 1 rings (SSSR count). The van der Waals surface area contributed by atoms with Gasteiger partial charge in [0, 0.05) is 17.3 Å². The Morgan fingerprint density at radius 3 is 2.57 bits per heavy atom. The fraction of sp³-hybridized carbons (Fsp3) is 1.00. The Kier molecular flexibility index (Phi) is 5.32. The lowest BCUT2D eigenvalue weighted by molar-refractivity contribution is 0.395. The minimum atomic E-state index is 0.688. The van der Waals surface area contributed by atoms with Gasteiger partial charge < -0.3 is 5.32 Å². The number of hydrogen-bond donors (Lipinski definition) is 1. The molecule has 3 atom stereocenters. The number of thioether (sulfide) groups is 1. The van der Waals surface area contributed by atoms with Crippen molar-refractivity contribution in [1.29, 1.82) is 0 Å². The molecular formula is C12H25NS. The highest BCUT2D eigenvalue weighted by Crippen LogP contribution is 2.28. The van der Waals surface area contributed by atoms with Crippen LogP contribution in [0.15, 0.2) is 0 Å². The summed E-state index contributed by atoms with van der Waals surface area (Å²) in [6.45, 7) is 6.94. The van der Waals surface area contributed by atoms with Gasteiger partial charge in [0.05, 0.1) is 0 Å². The van der Waals surface area contributed by atoms with Crippen LogP contribution in [0.5, 0.6) is 0 Å². The van der Waals surface area contributed by atoms with Crippen LogP contribution < -0.4 is 5.32 Å². The maximum absolute atomic E-state index is 3.79. The predicted molar refractivity (Wildman–Crippen MR) is 67.0 cm³/mol. The summed E-state index contributed by atoms with van der Waals surface area (Å²) in [5.41, 5.74) is 0. The lowest BCUT2D eigenvalue weighted by atomic mass is 10.0. The molecule has 0 heterocycles. The molecule has 84 valence electrons. The summed E-state index contributed by atoms with van der Waals surface area (Å²) in [6.07, 6.45) is 7.76. The van der Waals surface area contributed by atoms with E-state index in [0.29, 0.717) is 6.04 Å². The summed E-state index contributed by atoms with van der Waals surface area (Å²) >= 11 is 2.04. The van der Waals surface area contributed by atoms with Crippen LogP contribution in [-0.4, -0.2) is 23.6 Å². The summed E-state index contributed by atoms with van der Waals surface area (Å²) in [4.78, 5) is 0. The third kappa shape index (κ3) is 3.82. The molecule has 14 heavy (non-hydrogen) atoms. The Hall–Kier alpha value is 0.310. The molecule has 3 unspecified atom stereocenters. The maximum atomic E-state index is 3.79. The van der Waals surface area contributed by atoms with Gasteiger partial charge in [0.1, 0.15) is 0 Å². The molecule has 1 fully saturated rings. The van der Waals surface area contributed by atoms with E-state index in [1.807, 2.05) is 11.8 Å². The second kappa shape index (κ2) is 6.02. The van der Waals surface area contributed by atoms with E-state index in [-0.39, 0.29) is 0 Å². The van der Waals surface area contributed by atoms with Crippen molar-refractivity contribution in [2.45, 2.75) is 63.8 Å². The first-order chi connectivity index (χ1) is 6.63. The minimum Gasteiger partial charge on any atom is -0.310 e. The molecule has 1 aliphatic carbocycles. The summed E-state index contributed by atoms with van der Waals surface area (Å²) < 4.78 is 0. The van der Waals surface area contributed by atoms with Crippen molar-refractivity contribution < 1.29 is 0 Å². The first-order valence-electron chi connectivity index (χ1n) is 5.92. The number of rotatable bonds is 5. The monoisotopic (exact) mass is 215 g/mol. The standard InChI is InChI=1S/C12H25NS/c1-9(2)8-10(3)13-11-6-5-7-12(11)14-4/h9-13H,5-8H2,1-4H3. The Balaban J connectivity index is 2.28. The van der Waals surface area contributed by atoms with Crippen molar-refractivity contribution in [1.82, 2.24) is 5.32 Å². The molecular weight excluding hydrogens is 190 g/mol. The molecule has 0 saturated heterocycles. The van der Waals surface area contributed by atoms with Gasteiger partial charge in [-0.05, 0) is 38.4 Å². The molecule has 0 amide bonds. The van der Waals surface area contributed by atoms with Crippen LogP contribution in [0.25, 0.3) is 0 Å². The van der Waals surface area contributed by atoms with Gasteiger partial charge in [-0.3, -0.25) is 0 Å². The maximum Gasteiger partial charge on any atom is 0.0198 e. The molecule has 1 nitrogen and oxygen atoms in total. The second-order valence-electron chi connectivity index (χ2n) is 5.01. The zero-order valence-corrected chi connectivity index (χ0v) is 10.9. The summed E-state index contributed by atoms with van der Waals surface area (Å²) in [5.74, 6) is 0.812. The van der Waals surface area contributed by atoms with Crippen LogP contribution in [0.2, 0.25) is 0 Å².